The molecule has 1 saturated heterocycles. The van der Waals surface area contributed by atoms with Gasteiger partial charge in [-0.3, -0.25) is 9.69 Å². The lowest BCUT2D eigenvalue weighted by Gasteiger charge is -2.24. The highest BCUT2D eigenvalue weighted by Gasteiger charge is 2.47. The largest absolute Gasteiger partial charge is 0.489 e. The maximum absolute atomic E-state index is 13.5. The lowest BCUT2D eigenvalue weighted by Crippen LogP contribution is -2.41. The predicted molar refractivity (Wildman–Crippen MR) is 75.7 cm³/mol. The summed E-state index contributed by atoms with van der Waals surface area (Å²) in [6, 6.07) is 5.88. The van der Waals surface area contributed by atoms with Crippen LogP contribution in [0.5, 0.6) is 5.75 Å². The Bertz CT molecular complexity index is 522. The van der Waals surface area contributed by atoms with Gasteiger partial charge in [0.05, 0.1) is 0 Å². The van der Waals surface area contributed by atoms with E-state index in [4.69, 9.17) is 4.74 Å². The summed E-state index contributed by atoms with van der Waals surface area (Å²) in [4.78, 5) is 13.5. The number of hydrogen-bond donors (Lipinski definition) is 1. The summed E-state index contributed by atoms with van der Waals surface area (Å²) in [5.41, 5.74) is 0. The van der Waals surface area contributed by atoms with Crippen LogP contribution in [0.4, 0.5) is 4.39 Å². The highest BCUT2D eigenvalue weighted by molar-refractivity contribution is 5.74. The first-order valence-electron chi connectivity index (χ1n) is 7.51. The number of likely N-dealkylation sites (tertiary alicyclic amines) is 1. The molecule has 3 rings (SSSR count). The van der Waals surface area contributed by atoms with Gasteiger partial charge in [0.1, 0.15) is 12.6 Å². The van der Waals surface area contributed by atoms with E-state index in [-0.39, 0.29) is 17.5 Å². The zero-order chi connectivity index (χ0) is 14.8. The third kappa shape index (κ3) is 2.88. The van der Waals surface area contributed by atoms with Gasteiger partial charge in [0.25, 0.3) is 0 Å². The molecule has 1 N–H and O–H groups in total. The average molecular weight is 293 g/mol. The fourth-order valence-electron chi connectivity index (χ4n) is 3.80. The van der Waals surface area contributed by atoms with E-state index in [0.717, 1.165) is 25.8 Å². The molecule has 0 amide bonds. The van der Waals surface area contributed by atoms with Crippen molar-refractivity contribution >= 4 is 5.97 Å². The molecule has 2 fully saturated rings. The Morgan fingerprint density at radius 1 is 1.38 bits per heavy atom. The van der Waals surface area contributed by atoms with E-state index < -0.39 is 12.0 Å². The van der Waals surface area contributed by atoms with Crippen LogP contribution in [0, 0.1) is 17.7 Å². The van der Waals surface area contributed by atoms with E-state index in [0.29, 0.717) is 19.1 Å². The summed E-state index contributed by atoms with van der Waals surface area (Å²) < 4.78 is 18.9. The molecular formula is C16H20FNO3. The smallest absolute Gasteiger partial charge is 0.321 e. The van der Waals surface area contributed by atoms with E-state index in [1.165, 1.54) is 6.07 Å². The van der Waals surface area contributed by atoms with Gasteiger partial charge in [0, 0.05) is 13.1 Å². The lowest BCUT2D eigenvalue weighted by molar-refractivity contribution is -0.143. The van der Waals surface area contributed by atoms with Gasteiger partial charge in [-0.15, -0.1) is 0 Å². The number of aliphatic carboxylic acids is 1. The number of rotatable bonds is 5. The fraction of sp³-hybridized carbons (Fsp3) is 0.562. The third-order valence-electron chi connectivity index (χ3n) is 4.71. The van der Waals surface area contributed by atoms with Crippen LogP contribution in [0.2, 0.25) is 0 Å². The van der Waals surface area contributed by atoms with Gasteiger partial charge in [-0.25, -0.2) is 4.39 Å². The Labute approximate surface area is 123 Å². The van der Waals surface area contributed by atoms with Crippen molar-refractivity contribution in [3.8, 4) is 5.75 Å². The molecule has 1 heterocycles. The molecule has 3 atom stereocenters. The molecule has 1 aliphatic heterocycles. The molecule has 4 nitrogen and oxygen atoms in total. The topological polar surface area (TPSA) is 49.8 Å². The molecule has 1 saturated carbocycles. The Hall–Kier alpha value is -1.62. The number of ether oxygens (including phenoxy) is 1. The molecule has 0 spiro atoms. The molecule has 1 aromatic rings. The number of hydrogen-bond acceptors (Lipinski definition) is 3. The molecule has 21 heavy (non-hydrogen) atoms. The number of nitrogens with zero attached hydrogens (tertiary/aromatic N) is 1. The average Bonchev–Trinajstić information content (AvgIpc) is 3.00. The molecule has 0 bridgehead atoms. The second-order valence-corrected chi connectivity index (χ2v) is 5.91. The van der Waals surface area contributed by atoms with Crippen LogP contribution in [0.25, 0.3) is 0 Å². The van der Waals surface area contributed by atoms with Crippen molar-refractivity contribution in [3.63, 3.8) is 0 Å². The van der Waals surface area contributed by atoms with E-state index in [1.54, 1.807) is 18.2 Å². The number of halogens is 1. The van der Waals surface area contributed by atoms with E-state index in [9.17, 15) is 14.3 Å². The summed E-state index contributed by atoms with van der Waals surface area (Å²) in [7, 11) is 0. The number of carboxylic acids is 1. The quantitative estimate of drug-likeness (QED) is 0.905. The third-order valence-corrected chi connectivity index (χ3v) is 4.71. The van der Waals surface area contributed by atoms with Gasteiger partial charge < -0.3 is 9.84 Å². The van der Waals surface area contributed by atoms with Crippen LogP contribution in [-0.2, 0) is 4.79 Å². The Morgan fingerprint density at radius 2 is 2.19 bits per heavy atom. The summed E-state index contributed by atoms with van der Waals surface area (Å²) in [6.45, 7) is 1.66. The van der Waals surface area contributed by atoms with Crippen LogP contribution in [-0.4, -0.2) is 41.7 Å². The van der Waals surface area contributed by atoms with Crippen molar-refractivity contribution in [2.24, 2.45) is 11.8 Å². The van der Waals surface area contributed by atoms with Crippen LogP contribution >= 0.6 is 0 Å². The summed E-state index contributed by atoms with van der Waals surface area (Å²) in [6.07, 6.45) is 3.27. The summed E-state index contributed by atoms with van der Waals surface area (Å²) >= 11 is 0. The van der Waals surface area contributed by atoms with E-state index >= 15 is 0 Å². The maximum Gasteiger partial charge on any atom is 0.321 e. The van der Waals surface area contributed by atoms with Crippen LogP contribution in [0.1, 0.15) is 19.3 Å². The van der Waals surface area contributed by atoms with Gasteiger partial charge >= 0.3 is 5.97 Å². The highest BCUT2D eigenvalue weighted by Crippen LogP contribution is 2.42. The van der Waals surface area contributed by atoms with Gasteiger partial charge in [0.2, 0.25) is 0 Å². The molecule has 5 heteroatoms. The maximum atomic E-state index is 13.5. The first kappa shape index (κ1) is 14.3. The minimum Gasteiger partial charge on any atom is -0.489 e. The lowest BCUT2D eigenvalue weighted by atomic mass is 9.94. The minimum absolute atomic E-state index is 0.226. The first-order chi connectivity index (χ1) is 10.2. The van der Waals surface area contributed by atoms with Gasteiger partial charge in [0.15, 0.2) is 11.6 Å². The molecule has 0 aromatic heterocycles. The number of carbonyl (C=O) groups is 1. The molecule has 1 aliphatic carbocycles. The Morgan fingerprint density at radius 3 is 2.95 bits per heavy atom. The predicted octanol–water partition coefficient (Wildman–Crippen LogP) is 2.39. The van der Waals surface area contributed by atoms with Crippen molar-refractivity contribution in [3.05, 3.63) is 30.1 Å². The number of benzene rings is 1. The zero-order valence-electron chi connectivity index (χ0n) is 11.9. The molecule has 0 radical (unpaired) electrons. The second-order valence-electron chi connectivity index (χ2n) is 5.91. The normalized spacial score (nSPS) is 28.5. The van der Waals surface area contributed by atoms with E-state index in [2.05, 4.69) is 0 Å². The standard InChI is InChI=1S/C16H20FNO3/c17-13-6-1-2-7-14(13)21-9-8-18-10-11-4-3-5-12(11)15(18)16(19)20/h1-2,6-7,11-12,15H,3-5,8-10H2,(H,19,20). The fourth-order valence-corrected chi connectivity index (χ4v) is 3.80. The monoisotopic (exact) mass is 293 g/mol. The molecular weight excluding hydrogens is 273 g/mol. The van der Waals surface area contributed by atoms with Crippen LogP contribution in [0.15, 0.2) is 24.3 Å². The Kier molecular flexibility index (Phi) is 4.10. The van der Waals surface area contributed by atoms with Gasteiger partial charge in [-0.2, -0.15) is 0 Å². The number of fused-ring (bicyclic) bond motifs is 1. The SMILES string of the molecule is O=C(O)C1C2CCCC2CN1CCOc1ccccc1F. The summed E-state index contributed by atoms with van der Waals surface area (Å²) in [5.74, 6) is -0.125. The van der Waals surface area contributed by atoms with Crippen LogP contribution in [0.3, 0.4) is 0 Å². The minimum atomic E-state index is -0.740. The molecule has 2 aliphatic rings. The number of carboxylic acid groups (broad SMARTS) is 1. The zero-order valence-corrected chi connectivity index (χ0v) is 11.9. The van der Waals surface area contributed by atoms with Crippen LogP contribution < -0.4 is 4.74 Å². The highest BCUT2D eigenvalue weighted by atomic mass is 19.1. The van der Waals surface area contributed by atoms with E-state index in [1.807, 2.05) is 4.90 Å². The second kappa shape index (κ2) is 6.02. The van der Waals surface area contributed by atoms with Crippen molar-refractivity contribution in [2.75, 3.05) is 19.7 Å². The van der Waals surface area contributed by atoms with Crippen molar-refractivity contribution in [1.29, 1.82) is 0 Å². The molecule has 3 unspecified atom stereocenters. The summed E-state index contributed by atoms with van der Waals surface area (Å²) in [5, 5.41) is 9.45. The van der Waals surface area contributed by atoms with Crippen molar-refractivity contribution in [1.82, 2.24) is 4.90 Å². The van der Waals surface area contributed by atoms with Crippen molar-refractivity contribution in [2.45, 2.75) is 25.3 Å². The first-order valence-corrected chi connectivity index (χ1v) is 7.51. The molecule has 1 aromatic carbocycles. The van der Waals surface area contributed by atoms with Crippen molar-refractivity contribution < 1.29 is 19.0 Å². The molecule has 114 valence electrons. The Balaban J connectivity index is 1.57. The number of para-hydroxylation sites is 1. The van der Waals surface area contributed by atoms with Gasteiger partial charge in [-0.05, 0) is 36.8 Å². The van der Waals surface area contributed by atoms with Gasteiger partial charge in [-0.1, -0.05) is 18.6 Å².